The summed E-state index contributed by atoms with van der Waals surface area (Å²) in [6.07, 6.45) is 5.54. The van der Waals surface area contributed by atoms with Crippen LogP contribution < -0.4 is 10.2 Å². The SMILES string of the molecule is CC1(F)CCN(c2nccc(-c3ccccc3F)c2NC(=O)N2CCn3ccnc3C2)C1. The summed E-state index contributed by atoms with van der Waals surface area (Å²) in [6, 6.07) is 7.73. The Kier molecular flexibility index (Phi) is 5.03. The lowest BCUT2D eigenvalue weighted by Gasteiger charge is -2.29. The first kappa shape index (κ1) is 20.4. The maximum absolute atomic E-state index is 14.7. The molecule has 9 heteroatoms. The van der Waals surface area contributed by atoms with Gasteiger partial charge < -0.3 is 19.7 Å². The number of hydrogen-bond donors (Lipinski definition) is 1. The third-order valence-electron chi connectivity index (χ3n) is 6.08. The standard InChI is InChI=1S/C23H24F2N6O/c1-23(25)7-10-31(15-23)21-20(17(6-8-27-21)16-4-2-3-5-18(16)24)28-22(32)30-13-12-29-11-9-26-19(29)14-30/h2-6,8-9,11H,7,10,12-15H2,1H3,(H,28,32). The number of halogens is 2. The predicted octanol–water partition coefficient (Wildman–Crippen LogP) is 4.07. The highest BCUT2D eigenvalue weighted by atomic mass is 19.1. The lowest BCUT2D eigenvalue weighted by atomic mass is 10.0. The number of carbonyl (C=O) groups is 1. The van der Waals surface area contributed by atoms with E-state index in [4.69, 9.17) is 0 Å². The zero-order valence-electron chi connectivity index (χ0n) is 17.8. The summed E-state index contributed by atoms with van der Waals surface area (Å²) in [4.78, 5) is 25.4. The molecule has 1 unspecified atom stereocenters. The molecular weight excluding hydrogens is 414 g/mol. The molecule has 1 N–H and O–H groups in total. The van der Waals surface area contributed by atoms with Gasteiger partial charge in [-0.2, -0.15) is 0 Å². The first-order valence-electron chi connectivity index (χ1n) is 10.6. The van der Waals surface area contributed by atoms with E-state index in [9.17, 15) is 13.6 Å². The number of anilines is 2. The molecule has 5 rings (SSSR count). The van der Waals surface area contributed by atoms with Crippen molar-refractivity contribution in [2.24, 2.45) is 0 Å². The van der Waals surface area contributed by atoms with Gasteiger partial charge in [0.25, 0.3) is 0 Å². The van der Waals surface area contributed by atoms with Crippen LogP contribution >= 0.6 is 0 Å². The van der Waals surface area contributed by atoms with Crippen LogP contribution in [-0.2, 0) is 13.1 Å². The summed E-state index contributed by atoms with van der Waals surface area (Å²) < 4.78 is 31.3. The van der Waals surface area contributed by atoms with E-state index in [2.05, 4.69) is 15.3 Å². The third-order valence-corrected chi connectivity index (χ3v) is 6.08. The average Bonchev–Trinajstić information content (AvgIpc) is 3.39. The normalized spacial score (nSPS) is 20.3. The second kappa shape index (κ2) is 7.89. The van der Waals surface area contributed by atoms with Gasteiger partial charge in [0.1, 0.15) is 17.3 Å². The zero-order valence-corrected chi connectivity index (χ0v) is 17.8. The van der Waals surface area contributed by atoms with Gasteiger partial charge in [-0.05, 0) is 19.1 Å². The highest BCUT2D eigenvalue weighted by molar-refractivity contribution is 5.98. The number of rotatable bonds is 3. The molecule has 0 saturated carbocycles. The monoisotopic (exact) mass is 438 g/mol. The minimum atomic E-state index is -1.35. The van der Waals surface area contributed by atoms with Gasteiger partial charge in [0, 0.05) is 55.8 Å². The van der Waals surface area contributed by atoms with E-state index in [0.29, 0.717) is 55.2 Å². The van der Waals surface area contributed by atoms with Crippen LogP contribution in [0, 0.1) is 5.82 Å². The van der Waals surface area contributed by atoms with Gasteiger partial charge in [-0.3, -0.25) is 0 Å². The van der Waals surface area contributed by atoms with E-state index >= 15 is 0 Å². The molecule has 4 heterocycles. The van der Waals surface area contributed by atoms with Crippen LogP contribution in [0.3, 0.4) is 0 Å². The van der Waals surface area contributed by atoms with Gasteiger partial charge in [0.15, 0.2) is 5.82 Å². The third kappa shape index (κ3) is 3.79. The number of hydrogen-bond acceptors (Lipinski definition) is 4. The number of alkyl halides is 1. The highest BCUT2D eigenvalue weighted by Crippen LogP contribution is 2.39. The Morgan fingerprint density at radius 2 is 1.94 bits per heavy atom. The van der Waals surface area contributed by atoms with Crippen molar-refractivity contribution in [2.45, 2.75) is 32.1 Å². The first-order chi connectivity index (χ1) is 15.4. The lowest BCUT2D eigenvalue weighted by molar-refractivity contribution is 0.195. The van der Waals surface area contributed by atoms with Crippen LogP contribution in [0.1, 0.15) is 19.2 Å². The fourth-order valence-electron chi connectivity index (χ4n) is 4.36. The number of imidazole rings is 1. The van der Waals surface area contributed by atoms with Gasteiger partial charge in [-0.1, -0.05) is 18.2 Å². The molecule has 2 aliphatic rings. The Morgan fingerprint density at radius 1 is 1.09 bits per heavy atom. The molecule has 1 aromatic carbocycles. The molecule has 0 bridgehead atoms. The summed E-state index contributed by atoms with van der Waals surface area (Å²) in [5.74, 6) is 0.843. The van der Waals surface area contributed by atoms with Crippen molar-refractivity contribution in [3.8, 4) is 11.1 Å². The molecule has 166 valence electrons. The summed E-state index contributed by atoms with van der Waals surface area (Å²) >= 11 is 0. The molecule has 32 heavy (non-hydrogen) atoms. The van der Waals surface area contributed by atoms with Crippen LogP contribution in [-0.4, -0.2) is 50.8 Å². The largest absolute Gasteiger partial charge is 0.352 e. The van der Waals surface area contributed by atoms with Crippen LogP contribution in [0.15, 0.2) is 48.9 Å². The number of fused-ring (bicyclic) bond motifs is 1. The van der Waals surface area contributed by atoms with E-state index in [1.165, 1.54) is 6.07 Å². The molecule has 3 aromatic rings. The van der Waals surface area contributed by atoms with Crippen molar-refractivity contribution in [2.75, 3.05) is 29.9 Å². The van der Waals surface area contributed by atoms with Crippen molar-refractivity contribution in [3.05, 3.63) is 60.6 Å². The number of aromatic nitrogens is 3. The zero-order chi connectivity index (χ0) is 22.3. The smallest absolute Gasteiger partial charge is 0.322 e. The average molecular weight is 438 g/mol. The maximum Gasteiger partial charge on any atom is 0.322 e. The number of nitrogens with zero attached hydrogens (tertiary/aromatic N) is 5. The topological polar surface area (TPSA) is 66.3 Å². The lowest BCUT2D eigenvalue weighted by Crippen LogP contribution is -2.41. The number of amides is 2. The van der Waals surface area contributed by atoms with E-state index < -0.39 is 11.5 Å². The number of pyridine rings is 1. The van der Waals surface area contributed by atoms with Crippen LogP contribution in [0.2, 0.25) is 0 Å². The molecule has 2 aromatic heterocycles. The minimum Gasteiger partial charge on any atom is -0.352 e. The van der Waals surface area contributed by atoms with Gasteiger partial charge >= 0.3 is 6.03 Å². The fourth-order valence-corrected chi connectivity index (χ4v) is 4.36. The Bertz CT molecular complexity index is 1160. The summed E-state index contributed by atoms with van der Waals surface area (Å²) in [5, 5.41) is 2.96. The number of carbonyl (C=O) groups excluding carboxylic acids is 1. The molecule has 2 amide bonds. The van der Waals surface area contributed by atoms with Crippen LogP contribution in [0.5, 0.6) is 0 Å². The molecule has 0 aliphatic carbocycles. The highest BCUT2D eigenvalue weighted by Gasteiger charge is 2.36. The first-order valence-corrected chi connectivity index (χ1v) is 10.6. The van der Waals surface area contributed by atoms with Gasteiger partial charge in [0.2, 0.25) is 0 Å². The molecule has 1 saturated heterocycles. The quantitative estimate of drug-likeness (QED) is 0.670. The Balaban J connectivity index is 1.51. The van der Waals surface area contributed by atoms with Crippen LogP contribution in [0.25, 0.3) is 11.1 Å². The molecule has 7 nitrogen and oxygen atoms in total. The van der Waals surface area contributed by atoms with Crippen LogP contribution in [0.4, 0.5) is 25.1 Å². The van der Waals surface area contributed by atoms with E-state index in [1.807, 2.05) is 15.7 Å². The van der Waals surface area contributed by atoms with Gasteiger partial charge in [0.05, 0.1) is 18.8 Å². The molecule has 1 fully saturated rings. The van der Waals surface area contributed by atoms with Crippen molar-refractivity contribution in [3.63, 3.8) is 0 Å². The molecule has 0 radical (unpaired) electrons. The second-order valence-corrected chi connectivity index (χ2v) is 8.51. The summed E-state index contributed by atoms with van der Waals surface area (Å²) in [5.41, 5.74) is -0.106. The Labute approximate surface area is 184 Å². The molecule has 2 aliphatic heterocycles. The second-order valence-electron chi connectivity index (χ2n) is 8.51. The molecule has 0 spiro atoms. The summed E-state index contributed by atoms with van der Waals surface area (Å²) in [6.45, 7) is 3.72. The Morgan fingerprint density at radius 3 is 2.72 bits per heavy atom. The predicted molar refractivity (Wildman–Crippen MR) is 118 cm³/mol. The van der Waals surface area contributed by atoms with E-state index in [0.717, 1.165) is 5.82 Å². The van der Waals surface area contributed by atoms with Crippen molar-refractivity contribution < 1.29 is 13.6 Å². The van der Waals surface area contributed by atoms with Crippen molar-refractivity contribution in [1.82, 2.24) is 19.4 Å². The molecule has 1 atom stereocenters. The fraction of sp³-hybridized carbons (Fsp3) is 0.348. The van der Waals surface area contributed by atoms with Gasteiger partial charge in [-0.15, -0.1) is 0 Å². The van der Waals surface area contributed by atoms with Gasteiger partial charge in [-0.25, -0.2) is 23.5 Å². The maximum atomic E-state index is 14.7. The molecular formula is C23H24F2N6O. The number of benzene rings is 1. The van der Waals surface area contributed by atoms with E-state index in [1.54, 1.807) is 48.5 Å². The Hall–Kier alpha value is -3.49. The van der Waals surface area contributed by atoms with Crippen molar-refractivity contribution >= 4 is 17.5 Å². The van der Waals surface area contributed by atoms with Crippen molar-refractivity contribution in [1.29, 1.82) is 0 Å². The summed E-state index contributed by atoms with van der Waals surface area (Å²) in [7, 11) is 0. The van der Waals surface area contributed by atoms with E-state index in [-0.39, 0.29) is 12.6 Å². The number of urea groups is 1. The number of nitrogens with one attached hydrogen (secondary N) is 1. The minimum absolute atomic E-state index is 0.157.